The number of piperazine rings is 1. The molecule has 2 N–H and O–H groups in total. The van der Waals surface area contributed by atoms with Crippen molar-refractivity contribution >= 4 is 28.1 Å². The number of amides is 1. The van der Waals surface area contributed by atoms with Crippen LogP contribution in [0.15, 0.2) is 47.8 Å². The monoisotopic (exact) mass is 430 g/mol. The number of para-hydroxylation sites is 2. The van der Waals surface area contributed by atoms with Crippen LogP contribution in [0.2, 0.25) is 0 Å². The highest BCUT2D eigenvalue weighted by Crippen LogP contribution is 2.28. The average molecular weight is 430 g/mol. The summed E-state index contributed by atoms with van der Waals surface area (Å²) in [4.78, 5) is 20.7. The average Bonchev–Trinajstić information content (AvgIpc) is 3.19. The van der Waals surface area contributed by atoms with E-state index >= 15 is 0 Å². The molecule has 1 amide bonds. The van der Waals surface area contributed by atoms with Gasteiger partial charge in [-0.05, 0) is 30.3 Å². The van der Waals surface area contributed by atoms with Gasteiger partial charge in [-0.2, -0.15) is 0 Å². The zero-order valence-electron chi connectivity index (χ0n) is 16.0. The Hall–Kier alpha value is -3.04. The van der Waals surface area contributed by atoms with Crippen molar-refractivity contribution in [1.29, 1.82) is 0 Å². The number of phenolic OH excluding ortho intramolecular Hbond substituents is 1. The molecule has 2 aromatic carbocycles. The summed E-state index contributed by atoms with van der Waals surface area (Å²) < 4.78 is 27.3. The van der Waals surface area contributed by atoms with Crippen LogP contribution in [0.4, 0.5) is 19.6 Å². The zero-order valence-corrected chi connectivity index (χ0v) is 16.8. The first kappa shape index (κ1) is 20.2. The lowest BCUT2D eigenvalue weighted by molar-refractivity contribution is -0.117. The topological polar surface area (TPSA) is 68.7 Å². The third kappa shape index (κ3) is 4.58. The largest absolute Gasteiger partial charge is 0.506 e. The summed E-state index contributed by atoms with van der Waals surface area (Å²) in [6.07, 6.45) is 0. The number of anilines is 2. The Bertz CT molecular complexity index is 1050. The first-order valence-corrected chi connectivity index (χ1v) is 10.3. The van der Waals surface area contributed by atoms with Gasteiger partial charge >= 0.3 is 0 Å². The van der Waals surface area contributed by atoms with Gasteiger partial charge in [0.2, 0.25) is 5.91 Å². The Labute approximate surface area is 176 Å². The van der Waals surface area contributed by atoms with Gasteiger partial charge in [0.1, 0.15) is 17.4 Å². The highest BCUT2D eigenvalue weighted by Gasteiger charge is 2.21. The molecule has 0 radical (unpaired) electrons. The van der Waals surface area contributed by atoms with E-state index in [4.69, 9.17) is 0 Å². The van der Waals surface area contributed by atoms with Gasteiger partial charge in [-0.25, -0.2) is 13.8 Å². The number of rotatable bonds is 5. The van der Waals surface area contributed by atoms with Crippen LogP contribution >= 0.6 is 11.3 Å². The molecule has 9 heteroatoms. The first-order chi connectivity index (χ1) is 14.5. The van der Waals surface area contributed by atoms with Crippen molar-refractivity contribution < 1.29 is 18.7 Å². The maximum Gasteiger partial charge on any atom is 0.240 e. The van der Waals surface area contributed by atoms with Crippen molar-refractivity contribution in [3.05, 3.63) is 59.5 Å². The second-order valence-electron chi connectivity index (χ2n) is 6.96. The number of nitrogens with zero attached hydrogens (tertiary/aromatic N) is 3. The first-order valence-electron chi connectivity index (χ1n) is 9.46. The van der Waals surface area contributed by atoms with Gasteiger partial charge in [0, 0.05) is 37.1 Å². The molecule has 0 atom stereocenters. The van der Waals surface area contributed by atoms with Crippen LogP contribution in [0, 0.1) is 11.6 Å². The molecule has 6 nitrogen and oxygen atoms in total. The van der Waals surface area contributed by atoms with Crippen LogP contribution in [0.3, 0.4) is 0 Å². The van der Waals surface area contributed by atoms with Crippen LogP contribution < -0.4 is 10.2 Å². The van der Waals surface area contributed by atoms with E-state index < -0.39 is 11.6 Å². The Balaban J connectivity index is 1.31. The minimum atomic E-state index is -0.568. The molecule has 1 aromatic heterocycles. The number of hydrogen-bond acceptors (Lipinski definition) is 6. The highest BCUT2D eigenvalue weighted by molar-refractivity contribution is 7.14. The smallest absolute Gasteiger partial charge is 0.240 e. The highest BCUT2D eigenvalue weighted by atomic mass is 32.1. The molecule has 1 saturated heterocycles. The zero-order chi connectivity index (χ0) is 21.1. The normalized spacial score (nSPS) is 14.7. The van der Waals surface area contributed by atoms with Crippen molar-refractivity contribution in [2.45, 2.75) is 0 Å². The predicted molar refractivity (Wildman–Crippen MR) is 113 cm³/mol. The number of aromatic hydroxyl groups is 1. The molecule has 1 fully saturated rings. The minimum Gasteiger partial charge on any atom is -0.506 e. The summed E-state index contributed by atoms with van der Waals surface area (Å²) in [6, 6.07) is 10.4. The van der Waals surface area contributed by atoms with E-state index in [1.54, 1.807) is 17.5 Å². The van der Waals surface area contributed by atoms with Crippen molar-refractivity contribution in [2.75, 3.05) is 42.9 Å². The molecule has 0 saturated carbocycles. The van der Waals surface area contributed by atoms with E-state index in [1.165, 1.54) is 0 Å². The fraction of sp³-hybridized carbons (Fsp3) is 0.238. The van der Waals surface area contributed by atoms with Crippen molar-refractivity contribution in [2.24, 2.45) is 0 Å². The molecule has 4 rings (SSSR count). The molecular weight excluding hydrogens is 410 g/mol. The summed E-state index contributed by atoms with van der Waals surface area (Å²) in [7, 11) is 0. The summed E-state index contributed by atoms with van der Waals surface area (Å²) in [5.74, 6) is -1.08. The summed E-state index contributed by atoms with van der Waals surface area (Å²) in [5.41, 5.74) is 1.14. The minimum absolute atomic E-state index is 0.0621. The number of halogens is 2. The third-order valence-corrected chi connectivity index (χ3v) is 5.67. The fourth-order valence-corrected chi connectivity index (χ4v) is 4.12. The lowest BCUT2D eigenvalue weighted by atomic mass is 10.1. The van der Waals surface area contributed by atoms with E-state index in [2.05, 4.69) is 15.2 Å². The second kappa shape index (κ2) is 8.76. The molecule has 0 bridgehead atoms. The van der Waals surface area contributed by atoms with Gasteiger partial charge in [-0.1, -0.05) is 12.1 Å². The summed E-state index contributed by atoms with van der Waals surface area (Å²) in [6.45, 7) is 2.97. The molecule has 1 aliphatic heterocycles. The van der Waals surface area contributed by atoms with E-state index in [1.807, 2.05) is 17.0 Å². The number of hydrogen-bond donors (Lipinski definition) is 2. The van der Waals surface area contributed by atoms with E-state index in [9.17, 15) is 18.7 Å². The number of aromatic nitrogens is 1. The van der Waals surface area contributed by atoms with E-state index in [0.29, 0.717) is 31.3 Å². The second-order valence-corrected chi connectivity index (χ2v) is 7.82. The third-order valence-electron chi connectivity index (χ3n) is 4.92. The van der Waals surface area contributed by atoms with E-state index in [-0.39, 0.29) is 29.5 Å². The molecule has 30 heavy (non-hydrogen) atoms. The molecule has 1 aliphatic rings. The van der Waals surface area contributed by atoms with Gasteiger partial charge in [-0.3, -0.25) is 9.69 Å². The van der Waals surface area contributed by atoms with Gasteiger partial charge in [0.15, 0.2) is 5.13 Å². The molecule has 156 valence electrons. The standard InChI is InChI=1S/C21H20F2N4O2S/c22-14-5-6-16(23)15(11-14)17-13-30-21(24-17)25-20(29)12-26-7-9-27(10-8-26)18-3-1-2-4-19(18)28/h1-6,11,13,28H,7-10,12H2,(H,24,25,29). The predicted octanol–water partition coefficient (Wildman–Crippen LogP) is 3.55. The molecule has 0 unspecified atom stereocenters. The number of benzene rings is 2. The van der Waals surface area contributed by atoms with Crippen LogP contribution in [-0.2, 0) is 4.79 Å². The molecule has 3 aromatic rings. The van der Waals surface area contributed by atoms with E-state index in [0.717, 1.165) is 35.2 Å². The van der Waals surface area contributed by atoms with Gasteiger partial charge in [-0.15, -0.1) is 11.3 Å². The van der Waals surface area contributed by atoms with Gasteiger partial charge < -0.3 is 15.3 Å². The Kier molecular flexibility index (Phi) is 5.91. The SMILES string of the molecule is O=C(CN1CCN(c2ccccc2O)CC1)Nc1nc(-c2cc(F)ccc2F)cs1. The van der Waals surface area contributed by atoms with Gasteiger partial charge in [0.25, 0.3) is 0 Å². The maximum absolute atomic E-state index is 13.9. The lowest BCUT2D eigenvalue weighted by Gasteiger charge is -2.35. The van der Waals surface area contributed by atoms with Gasteiger partial charge in [0.05, 0.1) is 17.9 Å². The van der Waals surface area contributed by atoms with Crippen LogP contribution in [0.1, 0.15) is 0 Å². The number of nitrogens with one attached hydrogen (secondary N) is 1. The number of carbonyl (C=O) groups is 1. The molecular formula is C21H20F2N4O2S. The quantitative estimate of drug-likeness (QED) is 0.648. The molecule has 2 heterocycles. The Morgan fingerprint density at radius 3 is 2.67 bits per heavy atom. The number of phenols is 1. The van der Waals surface area contributed by atoms with Crippen molar-refractivity contribution in [3.8, 4) is 17.0 Å². The Morgan fingerprint density at radius 2 is 1.90 bits per heavy atom. The fourth-order valence-electron chi connectivity index (χ4n) is 3.39. The number of thiazole rings is 1. The van der Waals surface area contributed by atoms with Crippen molar-refractivity contribution in [3.63, 3.8) is 0 Å². The van der Waals surface area contributed by atoms with Crippen LogP contribution in [0.5, 0.6) is 5.75 Å². The Morgan fingerprint density at radius 1 is 1.13 bits per heavy atom. The van der Waals surface area contributed by atoms with Crippen LogP contribution in [-0.4, -0.2) is 53.6 Å². The lowest BCUT2D eigenvalue weighted by Crippen LogP contribution is -2.48. The molecule has 0 aliphatic carbocycles. The maximum atomic E-state index is 13.9. The van der Waals surface area contributed by atoms with Crippen LogP contribution in [0.25, 0.3) is 11.3 Å². The number of carbonyl (C=O) groups excluding carboxylic acids is 1. The van der Waals surface area contributed by atoms with Crippen molar-refractivity contribution in [1.82, 2.24) is 9.88 Å². The summed E-state index contributed by atoms with van der Waals surface area (Å²) in [5, 5.41) is 14.6. The molecule has 0 spiro atoms. The summed E-state index contributed by atoms with van der Waals surface area (Å²) >= 11 is 1.16.